The normalized spacial score (nSPS) is 11.6. The van der Waals surface area contributed by atoms with Gasteiger partial charge in [-0.25, -0.2) is 0 Å². The lowest BCUT2D eigenvalue weighted by molar-refractivity contribution is -0.144. The Balaban J connectivity index is 2.03. The first kappa shape index (κ1) is 20.7. The largest absolute Gasteiger partial charge is 0.497 e. The molecule has 2 rings (SSSR count). The number of hydrogen-bond donors (Lipinski definition) is 0. The maximum absolute atomic E-state index is 12.7. The summed E-state index contributed by atoms with van der Waals surface area (Å²) in [5, 5.41) is 0. The zero-order valence-corrected chi connectivity index (χ0v) is 16.1. The minimum Gasteiger partial charge on any atom is -0.497 e. The van der Waals surface area contributed by atoms with Gasteiger partial charge < -0.3 is 9.47 Å². The third-order valence-corrected chi connectivity index (χ3v) is 4.54. The number of carbonyl (C=O) groups is 2. The van der Waals surface area contributed by atoms with Crippen LogP contribution in [0.2, 0.25) is 0 Å². The van der Waals surface area contributed by atoms with Crippen molar-refractivity contribution >= 4 is 11.8 Å². The SMILES string of the molecule is CCCCCOC(=O)CC(CC(=O)c1ccc(OC)cc1)c1ccccc1. The second kappa shape index (κ2) is 11.2. The van der Waals surface area contributed by atoms with Crippen LogP contribution < -0.4 is 4.74 Å². The van der Waals surface area contributed by atoms with E-state index in [2.05, 4.69) is 6.92 Å². The van der Waals surface area contributed by atoms with E-state index in [4.69, 9.17) is 9.47 Å². The number of Topliss-reactive ketones (excluding diaryl/α,β-unsaturated/α-hetero) is 1. The van der Waals surface area contributed by atoms with Gasteiger partial charge in [-0.15, -0.1) is 0 Å². The summed E-state index contributed by atoms with van der Waals surface area (Å²) in [5.41, 5.74) is 1.60. The van der Waals surface area contributed by atoms with Gasteiger partial charge in [0.25, 0.3) is 0 Å². The van der Waals surface area contributed by atoms with Crippen LogP contribution in [0.15, 0.2) is 54.6 Å². The van der Waals surface area contributed by atoms with Crippen LogP contribution in [0, 0.1) is 0 Å². The van der Waals surface area contributed by atoms with Crippen LogP contribution >= 0.6 is 0 Å². The molecule has 4 heteroatoms. The Hall–Kier alpha value is -2.62. The third kappa shape index (κ3) is 6.89. The summed E-state index contributed by atoms with van der Waals surface area (Å²) in [5.74, 6) is 0.272. The molecule has 0 aliphatic heterocycles. The number of ketones is 1. The van der Waals surface area contributed by atoms with E-state index >= 15 is 0 Å². The average Bonchev–Trinajstić information content (AvgIpc) is 2.71. The minimum atomic E-state index is -0.248. The summed E-state index contributed by atoms with van der Waals surface area (Å²) >= 11 is 0. The number of esters is 1. The Morgan fingerprint density at radius 2 is 1.63 bits per heavy atom. The van der Waals surface area contributed by atoms with Gasteiger partial charge in [-0.1, -0.05) is 50.1 Å². The van der Waals surface area contributed by atoms with Crippen molar-refractivity contribution in [1.29, 1.82) is 0 Å². The number of hydrogen-bond acceptors (Lipinski definition) is 4. The van der Waals surface area contributed by atoms with Crippen LogP contribution in [0.1, 0.15) is 60.9 Å². The summed E-state index contributed by atoms with van der Waals surface area (Å²) in [4.78, 5) is 25.0. The van der Waals surface area contributed by atoms with Gasteiger partial charge in [-0.3, -0.25) is 9.59 Å². The molecule has 4 nitrogen and oxygen atoms in total. The Labute approximate surface area is 161 Å². The molecule has 27 heavy (non-hydrogen) atoms. The second-order valence-electron chi connectivity index (χ2n) is 6.60. The van der Waals surface area contributed by atoms with Gasteiger partial charge in [0.1, 0.15) is 5.75 Å². The summed E-state index contributed by atoms with van der Waals surface area (Å²) in [6.07, 6.45) is 3.48. The molecule has 1 unspecified atom stereocenters. The Morgan fingerprint density at radius 3 is 2.26 bits per heavy atom. The van der Waals surface area contributed by atoms with Crippen LogP contribution in [0.25, 0.3) is 0 Å². The molecule has 144 valence electrons. The molecule has 0 N–H and O–H groups in total. The first-order valence-electron chi connectivity index (χ1n) is 9.51. The molecule has 2 aromatic carbocycles. The van der Waals surface area contributed by atoms with E-state index in [-0.39, 0.29) is 30.5 Å². The number of unbranched alkanes of at least 4 members (excludes halogenated alkanes) is 2. The topological polar surface area (TPSA) is 52.6 Å². The van der Waals surface area contributed by atoms with Crippen LogP contribution in [0.4, 0.5) is 0 Å². The lowest BCUT2D eigenvalue weighted by Crippen LogP contribution is -2.15. The van der Waals surface area contributed by atoms with Gasteiger partial charge in [-0.2, -0.15) is 0 Å². The summed E-state index contributed by atoms with van der Waals surface area (Å²) < 4.78 is 10.5. The van der Waals surface area contributed by atoms with Crippen molar-refractivity contribution in [2.75, 3.05) is 13.7 Å². The van der Waals surface area contributed by atoms with E-state index in [1.807, 2.05) is 30.3 Å². The Morgan fingerprint density at radius 1 is 0.926 bits per heavy atom. The van der Waals surface area contributed by atoms with Crippen molar-refractivity contribution in [3.8, 4) is 5.75 Å². The van der Waals surface area contributed by atoms with E-state index < -0.39 is 0 Å². The predicted octanol–water partition coefficient (Wildman–Crippen LogP) is 5.18. The lowest BCUT2D eigenvalue weighted by atomic mass is 9.89. The van der Waals surface area contributed by atoms with Crippen LogP contribution in [0.3, 0.4) is 0 Å². The van der Waals surface area contributed by atoms with E-state index in [0.29, 0.717) is 17.9 Å². The molecule has 0 saturated carbocycles. The fourth-order valence-electron chi connectivity index (χ4n) is 2.95. The van der Waals surface area contributed by atoms with Gasteiger partial charge in [0.15, 0.2) is 5.78 Å². The fraction of sp³-hybridized carbons (Fsp3) is 0.391. The predicted molar refractivity (Wildman–Crippen MR) is 106 cm³/mol. The van der Waals surface area contributed by atoms with Crippen LogP contribution in [-0.4, -0.2) is 25.5 Å². The number of methoxy groups -OCH3 is 1. The number of ether oxygens (including phenoxy) is 2. The zero-order valence-electron chi connectivity index (χ0n) is 16.1. The van der Waals surface area contributed by atoms with Crippen molar-refractivity contribution in [2.24, 2.45) is 0 Å². The highest BCUT2D eigenvalue weighted by molar-refractivity contribution is 5.97. The monoisotopic (exact) mass is 368 g/mol. The summed E-state index contributed by atoms with van der Waals surface area (Å²) in [7, 11) is 1.59. The molecule has 0 radical (unpaired) electrons. The molecule has 0 fully saturated rings. The number of benzene rings is 2. The van der Waals surface area contributed by atoms with E-state index in [9.17, 15) is 9.59 Å². The highest BCUT2D eigenvalue weighted by Gasteiger charge is 2.21. The molecule has 2 aromatic rings. The lowest BCUT2D eigenvalue weighted by Gasteiger charge is -2.16. The van der Waals surface area contributed by atoms with Crippen LogP contribution in [-0.2, 0) is 9.53 Å². The molecular formula is C23H28O4. The minimum absolute atomic E-state index is 0.00490. The number of carbonyl (C=O) groups excluding carboxylic acids is 2. The van der Waals surface area contributed by atoms with Gasteiger partial charge in [0.2, 0.25) is 0 Å². The molecular weight excluding hydrogens is 340 g/mol. The maximum atomic E-state index is 12.7. The second-order valence-corrected chi connectivity index (χ2v) is 6.60. The molecule has 0 aliphatic rings. The maximum Gasteiger partial charge on any atom is 0.306 e. The zero-order chi connectivity index (χ0) is 19.5. The molecule has 0 aromatic heterocycles. The van der Waals surface area contributed by atoms with Crippen molar-refractivity contribution in [3.63, 3.8) is 0 Å². The first-order valence-corrected chi connectivity index (χ1v) is 9.51. The fourth-order valence-corrected chi connectivity index (χ4v) is 2.95. The Kier molecular flexibility index (Phi) is 8.56. The highest BCUT2D eigenvalue weighted by Crippen LogP contribution is 2.26. The molecule has 0 amide bonds. The molecule has 0 aliphatic carbocycles. The van der Waals surface area contributed by atoms with Crippen molar-refractivity contribution in [3.05, 3.63) is 65.7 Å². The van der Waals surface area contributed by atoms with Crippen molar-refractivity contribution in [2.45, 2.75) is 44.9 Å². The quantitative estimate of drug-likeness (QED) is 0.312. The van der Waals surface area contributed by atoms with Crippen molar-refractivity contribution in [1.82, 2.24) is 0 Å². The standard InChI is InChI=1S/C23H28O4/c1-3-4-8-15-27-23(25)17-20(18-9-6-5-7-10-18)16-22(24)19-11-13-21(26-2)14-12-19/h5-7,9-14,20H,3-4,8,15-17H2,1-2H3. The highest BCUT2D eigenvalue weighted by atomic mass is 16.5. The Bertz CT molecular complexity index is 707. The van der Waals surface area contributed by atoms with E-state index in [1.54, 1.807) is 31.4 Å². The molecule has 0 spiro atoms. The molecule has 1 atom stereocenters. The van der Waals surface area contributed by atoms with Gasteiger partial charge in [-0.05, 0) is 36.2 Å². The first-order chi connectivity index (χ1) is 13.1. The molecule has 0 bridgehead atoms. The molecule has 0 heterocycles. The molecule has 0 saturated heterocycles. The smallest absolute Gasteiger partial charge is 0.306 e. The summed E-state index contributed by atoms with van der Waals surface area (Å²) in [6.45, 7) is 2.55. The average molecular weight is 368 g/mol. The van der Waals surface area contributed by atoms with E-state index in [1.165, 1.54) is 0 Å². The summed E-state index contributed by atoms with van der Waals surface area (Å²) in [6, 6.07) is 16.7. The van der Waals surface area contributed by atoms with Crippen LogP contribution in [0.5, 0.6) is 5.75 Å². The van der Waals surface area contributed by atoms with Gasteiger partial charge in [0.05, 0.1) is 20.1 Å². The van der Waals surface area contributed by atoms with Gasteiger partial charge in [0, 0.05) is 17.9 Å². The number of rotatable bonds is 11. The van der Waals surface area contributed by atoms with E-state index in [0.717, 1.165) is 24.8 Å². The third-order valence-electron chi connectivity index (χ3n) is 4.54. The van der Waals surface area contributed by atoms with Gasteiger partial charge >= 0.3 is 5.97 Å². The van der Waals surface area contributed by atoms with Crippen molar-refractivity contribution < 1.29 is 19.1 Å².